The van der Waals surface area contributed by atoms with Gasteiger partial charge in [0.25, 0.3) is 0 Å². The largest absolute Gasteiger partial charge is 0.481 e. The van der Waals surface area contributed by atoms with Gasteiger partial charge in [-0.3, -0.25) is 9.59 Å². The Hall–Kier alpha value is -1.79. The molecule has 0 aromatic rings. The van der Waals surface area contributed by atoms with Crippen LogP contribution < -0.4 is 11.5 Å². The summed E-state index contributed by atoms with van der Waals surface area (Å²) in [6.45, 7) is 0. The summed E-state index contributed by atoms with van der Waals surface area (Å²) >= 11 is 0. The van der Waals surface area contributed by atoms with E-state index < -0.39 is 18.0 Å². The molecule has 7 nitrogen and oxygen atoms in total. The molecule has 13 heavy (non-hydrogen) atoms. The minimum absolute atomic E-state index is 0.0632. The van der Waals surface area contributed by atoms with Crippen LogP contribution in [0.1, 0.15) is 19.3 Å². The lowest BCUT2D eigenvalue weighted by Crippen LogP contribution is -2.18. The smallest absolute Gasteiger partial charge is 0.309 e. The molecular formula is C6H12N2O5. The third-order valence-corrected chi connectivity index (χ3v) is 0.781. The number of nitrogens with two attached hydrogens (primary N) is 2. The second-order valence-corrected chi connectivity index (χ2v) is 2.04. The van der Waals surface area contributed by atoms with Crippen molar-refractivity contribution in [3.63, 3.8) is 0 Å². The van der Waals surface area contributed by atoms with Crippen LogP contribution in [0.25, 0.3) is 0 Å². The van der Waals surface area contributed by atoms with E-state index in [4.69, 9.17) is 15.0 Å². The zero-order chi connectivity index (χ0) is 10.9. The molecule has 0 heterocycles. The molecule has 76 valence electrons. The lowest BCUT2D eigenvalue weighted by atomic mass is 10.2. The molecule has 0 atom stereocenters. The first kappa shape index (κ1) is 13.8. The van der Waals surface area contributed by atoms with Gasteiger partial charge in [-0.15, -0.1) is 0 Å². The second kappa shape index (κ2) is 8.31. The second-order valence-electron chi connectivity index (χ2n) is 2.04. The number of hydrogen-bond acceptors (Lipinski definition) is 3. The van der Waals surface area contributed by atoms with Gasteiger partial charge in [-0.1, -0.05) is 0 Å². The summed E-state index contributed by atoms with van der Waals surface area (Å²) in [4.78, 5) is 28.6. The molecule has 0 aliphatic heterocycles. The number of hydrogen-bond donors (Lipinski definition) is 4. The molecule has 0 unspecified atom stereocenters. The molecule has 0 spiro atoms. The van der Waals surface area contributed by atoms with E-state index in [1.807, 2.05) is 0 Å². The molecule has 0 radical (unpaired) electrons. The molecule has 0 rings (SSSR count). The third kappa shape index (κ3) is 38.8. The van der Waals surface area contributed by atoms with Crippen molar-refractivity contribution >= 4 is 18.0 Å². The lowest BCUT2D eigenvalue weighted by molar-refractivity contribution is -0.138. The first-order chi connectivity index (χ1) is 5.86. The summed E-state index contributed by atoms with van der Waals surface area (Å²) in [5.41, 5.74) is 8.50. The van der Waals surface area contributed by atoms with Crippen molar-refractivity contribution in [2.45, 2.75) is 19.3 Å². The first-order valence-electron chi connectivity index (χ1n) is 3.34. The third-order valence-electron chi connectivity index (χ3n) is 0.781. The van der Waals surface area contributed by atoms with Gasteiger partial charge in [-0.2, -0.15) is 0 Å². The molecule has 0 bridgehead atoms. The fourth-order valence-corrected chi connectivity index (χ4v) is 0.391. The number of carbonyl (C=O) groups is 3. The Kier molecular flexibility index (Phi) is 8.80. The van der Waals surface area contributed by atoms with Gasteiger partial charge in [-0.05, 0) is 6.42 Å². The van der Waals surface area contributed by atoms with Crippen LogP contribution >= 0.6 is 0 Å². The average molecular weight is 192 g/mol. The molecule has 0 aliphatic rings. The maximum atomic E-state index is 9.79. The maximum Gasteiger partial charge on any atom is 0.309 e. The summed E-state index contributed by atoms with van der Waals surface area (Å²) < 4.78 is 0. The number of carboxylic acids is 2. The van der Waals surface area contributed by atoms with Gasteiger partial charge in [0.1, 0.15) is 0 Å². The fourth-order valence-electron chi connectivity index (χ4n) is 0.391. The van der Waals surface area contributed by atoms with Gasteiger partial charge < -0.3 is 21.7 Å². The van der Waals surface area contributed by atoms with E-state index in [1.54, 1.807) is 0 Å². The van der Waals surface area contributed by atoms with E-state index in [9.17, 15) is 9.59 Å². The van der Waals surface area contributed by atoms with Crippen molar-refractivity contribution in [1.29, 1.82) is 0 Å². The molecule has 7 heteroatoms. The zero-order valence-electron chi connectivity index (χ0n) is 6.90. The average Bonchev–Trinajstić information content (AvgIpc) is 1.83. The Morgan fingerprint density at radius 2 is 1.15 bits per heavy atom. The van der Waals surface area contributed by atoms with Crippen LogP contribution in [-0.2, 0) is 9.59 Å². The minimum atomic E-state index is -0.948. The monoisotopic (exact) mass is 192 g/mol. The minimum Gasteiger partial charge on any atom is -0.481 e. The van der Waals surface area contributed by atoms with Gasteiger partial charge in [-0.25, -0.2) is 4.79 Å². The zero-order valence-corrected chi connectivity index (χ0v) is 6.90. The van der Waals surface area contributed by atoms with Crippen molar-refractivity contribution < 1.29 is 24.6 Å². The van der Waals surface area contributed by atoms with E-state index in [2.05, 4.69) is 11.5 Å². The lowest BCUT2D eigenvalue weighted by Gasteiger charge is -1.89. The number of primary amides is 2. The first-order valence-corrected chi connectivity index (χ1v) is 3.34. The van der Waals surface area contributed by atoms with E-state index in [-0.39, 0.29) is 19.3 Å². The topological polar surface area (TPSA) is 144 Å². The number of urea groups is 1. The van der Waals surface area contributed by atoms with Crippen LogP contribution in [0.5, 0.6) is 0 Å². The number of carboxylic acid groups (broad SMARTS) is 2. The molecule has 0 fully saturated rings. The highest BCUT2D eigenvalue weighted by Crippen LogP contribution is 1.93. The van der Waals surface area contributed by atoms with E-state index in [1.165, 1.54) is 0 Å². The summed E-state index contributed by atoms with van der Waals surface area (Å²) in [6.07, 6.45) is 0.0866. The molecule has 0 aromatic carbocycles. The Morgan fingerprint density at radius 1 is 0.923 bits per heavy atom. The van der Waals surface area contributed by atoms with Crippen LogP contribution in [0, 0.1) is 0 Å². The normalized spacial score (nSPS) is 8.00. The molecule has 0 saturated carbocycles. The highest BCUT2D eigenvalue weighted by atomic mass is 16.4. The van der Waals surface area contributed by atoms with Crippen LogP contribution in [0.15, 0.2) is 0 Å². The quantitative estimate of drug-likeness (QED) is 0.467. The molecule has 6 N–H and O–H groups in total. The van der Waals surface area contributed by atoms with E-state index in [0.717, 1.165) is 0 Å². The standard InChI is InChI=1S/C5H8O4.CH4N2O/c6-4(7)2-1-3-5(8)9;2-1(3)4/h1-3H2,(H,6,7)(H,8,9);(H4,2,3,4). The van der Waals surface area contributed by atoms with Gasteiger partial charge in [0, 0.05) is 12.8 Å². The van der Waals surface area contributed by atoms with Gasteiger partial charge >= 0.3 is 18.0 Å². The van der Waals surface area contributed by atoms with Crippen molar-refractivity contribution in [1.82, 2.24) is 0 Å². The number of rotatable bonds is 4. The Bertz CT molecular complexity index is 173. The fraction of sp³-hybridized carbons (Fsp3) is 0.500. The van der Waals surface area contributed by atoms with Crippen LogP contribution in [0.4, 0.5) is 4.79 Å². The molecular weight excluding hydrogens is 180 g/mol. The molecule has 0 aromatic heterocycles. The number of amides is 2. The molecule has 0 aliphatic carbocycles. The van der Waals surface area contributed by atoms with E-state index in [0.29, 0.717) is 0 Å². The SMILES string of the molecule is NC(N)=O.O=C(O)CCCC(=O)O. The van der Waals surface area contributed by atoms with Crippen molar-refractivity contribution in [2.75, 3.05) is 0 Å². The summed E-state index contributed by atoms with van der Waals surface area (Å²) in [6, 6.07) is -0.833. The van der Waals surface area contributed by atoms with Gasteiger partial charge in [0.05, 0.1) is 0 Å². The van der Waals surface area contributed by atoms with Crippen molar-refractivity contribution in [3.05, 3.63) is 0 Å². The van der Waals surface area contributed by atoms with E-state index >= 15 is 0 Å². The predicted molar refractivity (Wildman–Crippen MR) is 42.9 cm³/mol. The highest BCUT2D eigenvalue weighted by Gasteiger charge is 1.99. The van der Waals surface area contributed by atoms with Gasteiger partial charge in [0.15, 0.2) is 0 Å². The predicted octanol–water partition coefficient (Wildman–Crippen LogP) is -0.650. The summed E-state index contributed by atoms with van der Waals surface area (Å²) in [5.74, 6) is -1.90. The van der Waals surface area contributed by atoms with Crippen LogP contribution in [-0.4, -0.2) is 28.2 Å². The summed E-state index contributed by atoms with van der Waals surface area (Å²) in [7, 11) is 0. The maximum absolute atomic E-state index is 9.79. The summed E-state index contributed by atoms with van der Waals surface area (Å²) in [5, 5.41) is 16.1. The van der Waals surface area contributed by atoms with Crippen LogP contribution in [0.3, 0.4) is 0 Å². The highest BCUT2D eigenvalue weighted by molar-refractivity contribution is 5.70. The molecule has 0 saturated heterocycles. The van der Waals surface area contributed by atoms with Gasteiger partial charge in [0.2, 0.25) is 0 Å². The molecule has 2 amide bonds. The van der Waals surface area contributed by atoms with Crippen molar-refractivity contribution in [2.24, 2.45) is 11.5 Å². The van der Waals surface area contributed by atoms with Crippen LogP contribution in [0.2, 0.25) is 0 Å². The number of aliphatic carboxylic acids is 2. The Labute approximate surface area is 74.3 Å². The van der Waals surface area contributed by atoms with Crippen molar-refractivity contribution in [3.8, 4) is 0 Å². The Morgan fingerprint density at radius 3 is 1.31 bits per heavy atom. The number of carbonyl (C=O) groups excluding carboxylic acids is 1. The Balaban J connectivity index is 0.